The van der Waals surface area contributed by atoms with Crippen molar-refractivity contribution in [3.63, 3.8) is 0 Å². The Morgan fingerprint density at radius 2 is 1.85 bits per heavy atom. The zero-order chi connectivity index (χ0) is 18.7. The third-order valence-electron chi connectivity index (χ3n) is 5.06. The molecule has 0 radical (unpaired) electrons. The van der Waals surface area contributed by atoms with Crippen LogP contribution >= 0.6 is 0 Å². The van der Waals surface area contributed by atoms with Gasteiger partial charge in [-0.2, -0.15) is 0 Å². The first-order chi connectivity index (χ1) is 12.4. The molecular formula is C22H26FN3. The van der Waals surface area contributed by atoms with Crippen LogP contribution in [0.25, 0.3) is 11.1 Å². The minimum Gasteiger partial charge on any atom is -0.381 e. The predicted molar refractivity (Wildman–Crippen MR) is 106 cm³/mol. The molecule has 3 nitrogen and oxygen atoms in total. The van der Waals surface area contributed by atoms with E-state index in [0.717, 1.165) is 48.2 Å². The highest BCUT2D eigenvalue weighted by molar-refractivity contribution is 6.11. The minimum absolute atomic E-state index is 0.256. The van der Waals surface area contributed by atoms with Crippen molar-refractivity contribution >= 4 is 5.71 Å². The summed E-state index contributed by atoms with van der Waals surface area (Å²) in [6.07, 6.45) is 2.12. The maximum Gasteiger partial charge on any atom is 0.123 e. The van der Waals surface area contributed by atoms with Crippen molar-refractivity contribution in [3.05, 3.63) is 71.7 Å². The van der Waals surface area contributed by atoms with Crippen LogP contribution in [0.3, 0.4) is 0 Å². The van der Waals surface area contributed by atoms with Crippen molar-refractivity contribution in [2.75, 3.05) is 20.1 Å². The summed E-state index contributed by atoms with van der Waals surface area (Å²) in [6, 6.07) is 12.8. The van der Waals surface area contributed by atoms with Gasteiger partial charge in [0.25, 0.3) is 0 Å². The zero-order valence-corrected chi connectivity index (χ0v) is 15.5. The zero-order valence-electron chi connectivity index (χ0n) is 15.5. The average molecular weight is 351 g/mol. The molecule has 4 heteroatoms. The van der Waals surface area contributed by atoms with E-state index in [1.165, 1.54) is 12.1 Å². The van der Waals surface area contributed by atoms with Crippen LogP contribution in [0, 0.1) is 18.2 Å². The van der Waals surface area contributed by atoms with Gasteiger partial charge in [-0.05, 0) is 74.8 Å². The number of likely N-dealkylation sites (tertiary alicyclic amines) is 1. The first-order valence-electron chi connectivity index (χ1n) is 9.04. The van der Waals surface area contributed by atoms with Gasteiger partial charge in [0.2, 0.25) is 0 Å². The molecule has 0 bridgehead atoms. The SMILES string of the molecule is C=C(NC1CCN(C)CC1)C(=N)c1cc(-c2cccc(F)c2)ccc1C. The molecule has 0 amide bonds. The maximum absolute atomic E-state index is 13.5. The van der Waals surface area contributed by atoms with Crippen molar-refractivity contribution in [1.82, 2.24) is 10.2 Å². The predicted octanol–water partition coefficient (Wildman–Crippen LogP) is 4.37. The second kappa shape index (κ2) is 7.83. The van der Waals surface area contributed by atoms with E-state index < -0.39 is 0 Å². The van der Waals surface area contributed by atoms with Gasteiger partial charge in [0, 0.05) is 11.6 Å². The Hall–Kier alpha value is -2.46. The van der Waals surface area contributed by atoms with E-state index >= 15 is 0 Å². The van der Waals surface area contributed by atoms with E-state index in [1.54, 1.807) is 6.07 Å². The maximum atomic E-state index is 13.5. The lowest BCUT2D eigenvalue weighted by Gasteiger charge is -2.31. The quantitative estimate of drug-likeness (QED) is 0.785. The molecule has 0 unspecified atom stereocenters. The lowest BCUT2D eigenvalue weighted by atomic mass is 9.95. The molecule has 2 aromatic carbocycles. The lowest BCUT2D eigenvalue weighted by molar-refractivity contribution is 0.243. The number of benzene rings is 2. The molecule has 1 aliphatic rings. The summed E-state index contributed by atoms with van der Waals surface area (Å²) in [5.41, 5.74) is 4.62. The molecule has 1 fully saturated rings. The van der Waals surface area contributed by atoms with Crippen LogP contribution in [0.1, 0.15) is 24.0 Å². The molecule has 1 saturated heterocycles. The molecule has 0 aromatic heterocycles. The van der Waals surface area contributed by atoms with Gasteiger partial charge < -0.3 is 10.2 Å². The van der Waals surface area contributed by atoms with Gasteiger partial charge in [0.1, 0.15) is 5.82 Å². The van der Waals surface area contributed by atoms with Gasteiger partial charge in [0.15, 0.2) is 0 Å². The second-order valence-electron chi connectivity index (χ2n) is 7.12. The number of nitrogens with zero attached hydrogens (tertiary/aromatic N) is 1. The summed E-state index contributed by atoms with van der Waals surface area (Å²) in [4.78, 5) is 2.32. The fourth-order valence-electron chi connectivity index (χ4n) is 3.37. The number of piperidine rings is 1. The molecule has 0 atom stereocenters. The highest BCUT2D eigenvalue weighted by atomic mass is 19.1. The Morgan fingerprint density at radius 3 is 2.54 bits per heavy atom. The number of aryl methyl sites for hydroxylation is 1. The smallest absolute Gasteiger partial charge is 0.123 e. The van der Waals surface area contributed by atoms with Crippen LogP contribution in [0.5, 0.6) is 0 Å². The van der Waals surface area contributed by atoms with Gasteiger partial charge >= 0.3 is 0 Å². The van der Waals surface area contributed by atoms with Crippen LogP contribution in [0.4, 0.5) is 4.39 Å². The third-order valence-corrected chi connectivity index (χ3v) is 5.06. The van der Waals surface area contributed by atoms with E-state index in [9.17, 15) is 4.39 Å². The van der Waals surface area contributed by atoms with Gasteiger partial charge in [-0.3, -0.25) is 5.41 Å². The number of rotatable bonds is 5. The van der Waals surface area contributed by atoms with Gasteiger partial charge in [0.05, 0.1) is 11.4 Å². The number of halogens is 1. The van der Waals surface area contributed by atoms with Crippen LogP contribution in [-0.4, -0.2) is 36.8 Å². The molecular weight excluding hydrogens is 325 g/mol. The van der Waals surface area contributed by atoms with E-state index in [4.69, 9.17) is 5.41 Å². The van der Waals surface area contributed by atoms with E-state index in [0.29, 0.717) is 17.5 Å². The fourth-order valence-corrected chi connectivity index (χ4v) is 3.37. The minimum atomic E-state index is -0.256. The van der Waals surface area contributed by atoms with Crippen molar-refractivity contribution in [2.24, 2.45) is 0 Å². The van der Waals surface area contributed by atoms with Gasteiger partial charge in [-0.25, -0.2) is 4.39 Å². The molecule has 1 aliphatic heterocycles. The molecule has 2 N–H and O–H groups in total. The summed E-state index contributed by atoms with van der Waals surface area (Å²) < 4.78 is 13.5. The fraction of sp³-hybridized carbons (Fsp3) is 0.318. The molecule has 26 heavy (non-hydrogen) atoms. The Bertz CT molecular complexity index is 820. The van der Waals surface area contributed by atoms with Crippen LogP contribution in [0.15, 0.2) is 54.7 Å². The average Bonchev–Trinajstić information content (AvgIpc) is 2.63. The van der Waals surface area contributed by atoms with Crippen LogP contribution in [-0.2, 0) is 0 Å². The summed E-state index contributed by atoms with van der Waals surface area (Å²) >= 11 is 0. The molecule has 136 valence electrons. The first-order valence-corrected chi connectivity index (χ1v) is 9.04. The number of nitrogens with one attached hydrogen (secondary N) is 2. The Labute approximate surface area is 155 Å². The monoisotopic (exact) mass is 351 g/mol. The van der Waals surface area contributed by atoms with Crippen molar-refractivity contribution in [1.29, 1.82) is 5.41 Å². The number of hydrogen-bond acceptors (Lipinski definition) is 3. The standard InChI is InChI=1S/C22H26FN3/c1-15-7-8-18(17-5-4-6-19(23)13-17)14-21(15)22(24)16(2)25-20-9-11-26(3)12-10-20/h4-8,13-14,20,24-25H,2,9-12H2,1,3H3. The second-order valence-corrected chi connectivity index (χ2v) is 7.12. The number of allylic oxidation sites excluding steroid dienone is 1. The van der Waals surface area contributed by atoms with Crippen molar-refractivity contribution < 1.29 is 4.39 Å². The molecule has 1 heterocycles. The number of hydrogen-bond donors (Lipinski definition) is 2. The topological polar surface area (TPSA) is 39.1 Å². The van der Waals surface area contributed by atoms with Crippen molar-refractivity contribution in [2.45, 2.75) is 25.8 Å². The lowest BCUT2D eigenvalue weighted by Crippen LogP contribution is -2.41. The summed E-state index contributed by atoms with van der Waals surface area (Å²) in [6.45, 7) is 8.20. The van der Waals surface area contributed by atoms with Gasteiger partial charge in [-0.1, -0.05) is 30.8 Å². The van der Waals surface area contributed by atoms with Gasteiger partial charge in [-0.15, -0.1) is 0 Å². The van der Waals surface area contributed by atoms with E-state index in [1.807, 2.05) is 31.2 Å². The molecule has 2 aromatic rings. The Balaban J connectivity index is 1.78. The highest BCUT2D eigenvalue weighted by Crippen LogP contribution is 2.24. The molecule has 0 saturated carbocycles. The first kappa shape index (κ1) is 18.3. The van der Waals surface area contributed by atoms with Crippen LogP contribution < -0.4 is 5.32 Å². The van der Waals surface area contributed by atoms with E-state index in [-0.39, 0.29) is 5.82 Å². The molecule has 3 rings (SSSR count). The summed E-state index contributed by atoms with van der Waals surface area (Å²) in [5.74, 6) is -0.256. The molecule has 0 spiro atoms. The molecule has 0 aliphatic carbocycles. The Kier molecular flexibility index (Phi) is 5.52. The Morgan fingerprint density at radius 1 is 1.15 bits per heavy atom. The summed E-state index contributed by atoms with van der Waals surface area (Å²) in [5, 5.41) is 12.0. The summed E-state index contributed by atoms with van der Waals surface area (Å²) in [7, 11) is 2.13. The highest BCUT2D eigenvalue weighted by Gasteiger charge is 2.19. The normalized spacial score (nSPS) is 15.7. The van der Waals surface area contributed by atoms with E-state index in [2.05, 4.69) is 23.8 Å². The van der Waals surface area contributed by atoms with Crippen LogP contribution in [0.2, 0.25) is 0 Å². The largest absolute Gasteiger partial charge is 0.381 e. The third kappa shape index (κ3) is 4.20. The van der Waals surface area contributed by atoms with Crippen molar-refractivity contribution in [3.8, 4) is 11.1 Å².